The highest BCUT2D eigenvalue weighted by molar-refractivity contribution is 6.01. The van der Waals surface area contributed by atoms with E-state index in [2.05, 4.69) is 0 Å². The van der Waals surface area contributed by atoms with Crippen molar-refractivity contribution in [2.45, 2.75) is 25.4 Å². The van der Waals surface area contributed by atoms with Crippen LogP contribution in [0.2, 0.25) is 0 Å². The van der Waals surface area contributed by atoms with Gasteiger partial charge in [0.2, 0.25) is 0 Å². The number of benzene rings is 2. The minimum absolute atomic E-state index is 0.0261. The molecule has 1 fully saturated rings. The summed E-state index contributed by atoms with van der Waals surface area (Å²) in [5, 5.41) is 12.2. The number of amides is 1. The third kappa shape index (κ3) is 4.54. The Morgan fingerprint density at radius 2 is 1.81 bits per heavy atom. The number of hydrogen-bond acceptors (Lipinski definition) is 3. The minimum atomic E-state index is -0.565. The van der Waals surface area contributed by atoms with Crippen molar-refractivity contribution in [1.82, 2.24) is 4.90 Å². The van der Waals surface area contributed by atoms with Gasteiger partial charge in [0, 0.05) is 13.1 Å². The minimum Gasteiger partial charge on any atom is -0.490 e. The molecule has 1 unspecified atom stereocenters. The van der Waals surface area contributed by atoms with E-state index in [0.29, 0.717) is 17.9 Å². The predicted molar refractivity (Wildman–Crippen MR) is 103 cm³/mol. The Labute approximate surface area is 155 Å². The lowest BCUT2D eigenvalue weighted by Crippen LogP contribution is -3.07. The molecule has 140 valence electrons. The summed E-state index contributed by atoms with van der Waals surface area (Å²) in [5.74, 6) is 0.588. The predicted octanol–water partition coefficient (Wildman–Crippen LogP) is 1.35. The lowest BCUT2D eigenvalue weighted by atomic mass is 10.0. The molecule has 0 aliphatic carbocycles. The first-order chi connectivity index (χ1) is 12.5. The Bertz CT molecular complexity index is 754. The van der Waals surface area contributed by atoms with Crippen LogP contribution in [0.1, 0.15) is 29.6 Å². The van der Waals surface area contributed by atoms with Crippen LogP contribution in [0.3, 0.4) is 0 Å². The first kappa shape index (κ1) is 18.7. The zero-order valence-electron chi connectivity index (χ0n) is 15.7. The summed E-state index contributed by atoms with van der Waals surface area (Å²) in [6, 6.07) is 11.8. The molecule has 0 radical (unpaired) electrons. The van der Waals surface area contributed by atoms with Crippen LogP contribution in [-0.4, -0.2) is 62.4 Å². The SMILES string of the molecule is C[NH+](C)CC(O)COc1cc2ccccc2cc1C(=O)N1CCCCC1. The molecule has 0 aromatic heterocycles. The van der Waals surface area contributed by atoms with E-state index in [-0.39, 0.29) is 12.5 Å². The van der Waals surface area contributed by atoms with Crippen molar-refractivity contribution in [2.75, 3.05) is 40.3 Å². The van der Waals surface area contributed by atoms with E-state index in [1.807, 2.05) is 55.4 Å². The smallest absolute Gasteiger partial charge is 0.257 e. The number of quaternary nitrogens is 1. The number of aliphatic hydroxyl groups is 1. The van der Waals surface area contributed by atoms with Gasteiger partial charge in [-0.2, -0.15) is 0 Å². The van der Waals surface area contributed by atoms with E-state index >= 15 is 0 Å². The van der Waals surface area contributed by atoms with Gasteiger partial charge in [-0.25, -0.2) is 0 Å². The summed E-state index contributed by atoms with van der Waals surface area (Å²) < 4.78 is 5.91. The molecule has 1 aliphatic heterocycles. The summed E-state index contributed by atoms with van der Waals surface area (Å²) in [4.78, 5) is 16.1. The fraction of sp³-hybridized carbons (Fsp3) is 0.476. The molecular weight excluding hydrogens is 328 g/mol. The number of nitrogens with one attached hydrogen (secondary N) is 1. The van der Waals surface area contributed by atoms with E-state index < -0.39 is 6.10 Å². The molecule has 2 aromatic carbocycles. The van der Waals surface area contributed by atoms with Crippen molar-refractivity contribution in [3.8, 4) is 5.75 Å². The molecule has 3 rings (SSSR count). The van der Waals surface area contributed by atoms with Gasteiger partial charge in [0.05, 0.1) is 19.7 Å². The fourth-order valence-electron chi connectivity index (χ4n) is 3.49. The van der Waals surface area contributed by atoms with Gasteiger partial charge in [0.15, 0.2) is 0 Å². The van der Waals surface area contributed by atoms with Crippen molar-refractivity contribution >= 4 is 16.7 Å². The molecule has 0 spiro atoms. The van der Waals surface area contributed by atoms with E-state index in [1.165, 1.54) is 6.42 Å². The number of likely N-dealkylation sites (tertiary alicyclic amines) is 1. The number of carbonyl (C=O) groups excluding carboxylic acids is 1. The van der Waals surface area contributed by atoms with Crippen LogP contribution in [0.25, 0.3) is 10.8 Å². The van der Waals surface area contributed by atoms with Crippen LogP contribution < -0.4 is 9.64 Å². The molecule has 5 nitrogen and oxygen atoms in total. The molecule has 26 heavy (non-hydrogen) atoms. The topological polar surface area (TPSA) is 54.2 Å². The number of ether oxygens (including phenoxy) is 1. The lowest BCUT2D eigenvalue weighted by Gasteiger charge is -2.27. The van der Waals surface area contributed by atoms with Crippen LogP contribution in [0.5, 0.6) is 5.75 Å². The molecule has 1 atom stereocenters. The van der Waals surface area contributed by atoms with Crippen molar-refractivity contribution in [3.63, 3.8) is 0 Å². The average molecular weight is 357 g/mol. The Morgan fingerprint density at radius 3 is 2.46 bits per heavy atom. The maximum Gasteiger partial charge on any atom is 0.257 e. The molecule has 0 bridgehead atoms. The quantitative estimate of drug-likeness (QED) is 0.821. The van der Waals surface area contributed by atoms with E-state index in [0.717, 1.165) is 41.6 Å². The zero-order valence-corrected chi connectivity index (χ0v) is 15.7. The number of hydrogen-bond donors (Lipinski definition) is 2. The zero-order chi connectivity index (χ0) is 18.5. The van der Waals surface area contributed by atoms with E-state index in [1.54, 1.807) is 0 Å². The van der Waals surface area contributed by atoms with Crippen molar-refractivity contribution in [2.24, 2.45) is 0 Å². The summed E-state index contributed by atoms with van der Waals surface area (Å²) in [5.41, 5.74) is 0.593. The normalized spacial score (nSPS) is 16.1. The summed E-state index contributed by atoms with van der Waals surface area (Å²) in [6.07, 6.45) is 2.73. The van der Waals surface area contributed by atoms with Crippen LogP contribution >= 0.6 is 0 Å². The number of piperidine rings is 1. The van der Waals surface area contributed by atoms with E-state index in [4.69, 9.17) is 4.74 Å². The molecule has 1 aliphatic rings. The second kappa shape index (κ2) is 8.52. The monoisotopic (exact) mass is 357 g/mol. The standard InChI is InChI=1S/C21H28N2O3/c1-22(2)14-18(24)15-26-20-13-17-9-5-4-8-16(17)12-19(20)21(25)23-10-6-3-7-11-23/h4-5,8-9,12-13,18,24H,3,6-7,10-11,14-15H2,1-2H3/p+1. The van der Waals surface area contributed by atoms with E-state index in [9.17, 15) is 9.90 Å². The maximum absolute atomic E-state index is 13.1. The van der Waals surface area contributed by atoms with Crippen molar-refractivity contribution in [3.05, 3.63) is 42.0 Å². The van der Waals surface area contributed by atoms with Crippen LogP contribution in [-0.2, 0) is 0 Å². The van der Waals surface area contributed by atoms with Gasteiger partial charge in [0.1, 0.15) is 25.0 Å². The summed E-state index contributed by atoms with van der Waals surface area (Å²) >= 11 is 0. The number of aliphatic hydroxyl groups excluding tert-OH is 1. The molecule has 2 aromatic rings. The highest BCUT2D eigenvalue weighted by Crippen LogP contribution is 2.28. The largest absolute Gasteiger partial charge is 0.490 e. The van der Waals surface area contributed by atoms with Gasteiger partial charge in [0.25, 0.3) is 5.91 Å². The summed E-state index contributed by atoms with van der Waals surface area (Å²) in [6.45, 7) is 2.39. The number of fused-ring (bicyclic) bond motifs is 1. The highest BCUT2D eigenvalue weighted by atomic mass is 16.5. The lowest BCUT2D eigenvalue weighted by molar-refractivity contribution is -0.861. The highest BCUT2D eigenvalue weighted by Gasteiger charge is 2.23. The number of rotatable bonds is 6. The second-order valence-corrected chi connectivity index (χ2v) is 7.42. The first-order valence-corrected chi connectivity index (χ1v) is 9.46. The van der Waals surface area contributed by atoms with Crippen LogP contribution in [0.4, 0.5) is 0 Å². The fourth-order valence-corrected chi connectivity index (χ4v) is 3.49. The number of likely N-dealkylation sites (N-methyl/N-ethyl adjacent to an activating group) is 1. The molecule has 0 saturated carbocycles. The van der Waals surface area contributed by atoms with Gasteiger partial charge < -0.3 is 19.6 Å². The second-order valence-electron chi connectivity index (χ2n) is 7.42. The van der Waals surface area contributed by atoms with Crippen molar-refractivity contribution < 1.29 is 19.5 Å². The van der Waals surface area contributed by atoms with Gasteiger partial charge in [-0.05, 0) is 42.2 Å². The third-order valence-electron chi connectivity index (χ3n) is 4.80. The van der Waals surface area contributed by atoms with Gasteiger partial charge in [-0.15, -0.1) is 0 Å². The molecular formula is C21H29N2O3+. The molecule has 5 heteroatoms. The number of nitrogens with zero attached hydrogens (tertiary/aromatic N) is 1. The Balaban J connectivity index is 1.87. The van der Waals surface area contributed by atoms with Gasteiger partial charge in [-0.3, -0.25) is 4.79 Å². The summed E-state index contributed by atoms with van der Waals surface area (Å²) in [7, 11) is 3.98. The van der Waals surface area contributed by atoms with Gasteiger partial charge in [-0.1, -0.05) is 24.3 Å². The Kier molecular flexibility index (Phi) is 6.12. The molecule has 1 heterocycles. The Morgan fingerprint density at radius 1 is 1.15 bits per heavy atom. The van der Waals surface area contributed by atoms with Crippen LogP contribution in [0.15, 0.2) is 36.4 Å². The Hall–Kier alpha value is -2.11. The molecule has 2 N–H and O–H groups in total. The van der Waals surface area contributed by atoms with Crippen molar-refractivity contribution in [1.29, 1.82) is 0 Å². The first-order valence-electron chi connectivity index (χ1n) is 9.46. The number of carbonyl (C=O) groups is 1. The molecule has 1 saturated heterocycles. The third-order valence-corrected chi connectivity index (χ3v) is 4.80. The van der Waals surface area contributed by atoms with Crippen LogP contribution in [0, 0.1) is 0 Å². The average Bonchev–Trinajstić information content (AvgIpc) is 2.65. The molecule has 1 amide bonds. The van der Waals surface area contributed by atoms with Gasteiger partial charge >= 0.3 is 0 Å². The maximum atomic E-state index is 13.1.